The van der Waals surface area contributed by atoms with Crippen LogP contribution in [0.4, 0.5) is 5.69 Å². The molecule has 0 unspecified atom stereocenters. The summed E-state index contributed by atoms with van der Waals surface area (Å²) in [5.74, 6) is 0.977. The van der Waals surface area contributed by atoms with Crippen LogP contribution in [0, 0.1) is 29.6 Å². The largest absolute Gasteiger partial charge is 0.490 e. The Balaban J connectivity index is 1.45. The van der Waals surface area contributed by atoms with Gasteiger partial charge in [0.25, 0.3) is 5.91 Å². The molecule has 2 aliphatic heterocycles. The normalized spacial score (nSPS) is 33.7. The minimum atomic E-state index is -3.95. The molecule has 1 saturated carbocycles. The first kappa shape index (κ1) is 32.4. The third kappa shape index (κ3) is 6.15. The molecule has 9 heteroatoms. The lowest BCUT2D eigenvalue weighted by molar-refractivity contribution is -0.0230. The van der Waals surface area contributed by atoms with E-state index >= 15 is 0 Å². The lowest BCUT2D eigenvalue weighted by Gasteiger charge is -2.49. The number of hydrogen-bond donors (Lipinski definition) is 1. The summed E-state index contributed by atoms with van der Waals surface area (Å²) in [6.07, 6.45) is 8.83. The van der Waals surface area contributed by atoms with E-state index in [1.54, 1.807) is 13.2 Å². The van der Waals surface area contributed by atoms with Gasteiger partial charge >= 0.3 is 0 Å². The number of methoxy groups -OCH3 is 1. The molecular weight excluding hydrogens is 608 g/mol. The second-order valence-electron chi connectivity index (χ2n) is 14.4. The zero-order chi connectivity index (χ0) is 32.1. The highest BCUT2D eigenvalue weighted by molar-refractivity contribution is 7.90. The van der Waals surface area contributed by atoms with Gasteiger partial charge in [0, 0.05) is 36.2 Å². The van der Waals surface area contributed by atoms with Gasteiger partial charge in [-0.25, -0.2) is 13.1 Å². The predicted molar refractivity (Wildman–Crippen MR) is 180 cm³/mol. The lowest BCUT2D eigenvalue weighted by atomic mass is 9.62. The van der Waals surface area contributed by atoms with E-state index in [1.807, 2.05) is 39.0 Å². The first-order valence-corrected chi connectivity index (χ1v) is 18.4. The molecular formula is C36H47ClN2O5S. The molecule has 0 saturated heterocycles. The number of hydrogen-bond acceptors (Lipinski definition) is 6. The number of ether oxygens (including phenoxy) is 2. The van der Waals surface area contributed by atoms with E-state index in [1.165, 1.54) is 11.1 Å². The van der Waals surface area contributed by atoms with Crippen molar-refractivity contribution in [2.45, 2.75) is 76.6 Å². The summed E-state index contributed by atoms with van der Waals surface area (Å²) >= 11 is 6.44. The van der Waals surface area contributed by atoms with Crippen molar-refractivity contribution in [3.8, 4) is 5.75 Å². The summed E-state index contributed by atoms with van der Waals surface area (Å²) in [6.45, 7) is 10.1. The average molecular weight is 655 g/mol. The molecule has 0 radical (unpaired) electrons. The Kier molecular flexibility index (Phi) is 9.05. The molecule has 2 bridgehead atoms. The third-order valence-corrected chi connectivity index (χ3v) is 13.4. The minimum Gasteiger partial charge on any atom is -0.490 e. The number of halogens is 1. The van der Waals surface area contributed by atoms with Crippen LogP contribution in [0.25, 0.3) is 0 Å². The van der Waals surface area contributed by atoms with Crippen molar-refractivity contribution in [1.82, 2.24) is 4.72 Å². The Hall–Kier alpha value is -2.55. The number of nitrogens with one attached hydrogen (secondary N) is 1. The maximum absolute atomic E-state index is 13.7. The zero-order valence-corrected chi connectivity index (χ0v) is 28.7. The predicted octanol–water partition coefficient (Wildman–Crippen LogP) is 6.78. The van der Waals surface area contributed by atoms with E-state index in [4.69, 9.17) is 21.1 Å². The number of aryl methyl sites for hydroxylation is 1. The molecule has 1 fully saturated rings. The Morgan fingerprint density at radius 1 is 1.11 bits per heavy atom. The van der Waals surface area contributed by atoms with Crippen LogP contribution in [0.5, 0.6) is 5.75 Å². The Morgan fingerprint density at radius 2 is 1.91 bits per heavy atom. The molecule has 0 aromatic heterocycles. The van der Waals surface area contributed by atoms with E-state index in [0.29, 0.717) is 42.1 Å². The van der Waals surface area contributed by atoms with Gasteiger partial charge in [0.05, 0.1) is 23.6 Å². The number of benzene rings is 2. The Bertz CT molecular complexity index is 1580. The fourth-order valence-corrected chi connectivity index (χ4v) is 10.9. The quantitative estimate of drug-likeness (QED) is 0.360. The highest BCUT2D eigenvalue weighted by Crippen LogP contribution is 2.48. The number of nitrogens with zero attached hydrogens (tertiary/aromatic N) is 1. The number of carbonyl (C=O) groups excluding carboxylic acids is 1. The number of allylic oxidation sites excluding steroid dienone is 1. The maximum Gasteiger partial charge on any atom is 0.264 e. The van der Waals surface area contributed by atoms with E-state index < -0.39 is 21.2 Å². The van der Waals surface area contributed by atoms with Gasteiger partial charge in [-0.3, -0.25) is 4.79 Å². The number of anilines is 1. The Labute approximate surface area is 273 Å². The second-order valence-corrected chi connectivity index (χ2v) is 16.6. The van der Waals surface area contributed by atoms with Crippen LogP contribution in [-0.2, 0) is 26.6 Å². The van der Waals surface area contributed by atoms with Crippen molar-refractivity contribution >= 4 is 33.2 Å². The highest BCUT2D eigenvalue weighted by Gasteiger charge is 2.47. The number of carbonyl (C=O) groups is 1. The summed E-state index contributed by atoms with van der Waals surface area (Å²) < 4.78 is 42.5. The Morgan fingerprint density at radius 3 is 2.64 bits per heavy atom. The van der Waals surface area contributed by atoms with E-state index in [0.717, 1.165) is 49.5 Å². The summed E-state index contributed by atoms with van der Waals surface area (Å²) in [5.41, 5.74) is 3.46. The van der Waals surface area contributed by atoms with Crippen molar-refractivity contribution in [3.05, 3.63) is 70.3 Å². The highest BCUT2D eigenvalue weighted by atomic mass is 35.5. The van der Waals surface area contributed by atoms with Crippen molar-refractivity contribution in [3.63, 3.8) is 0 Å². The number of rotatable bonds is 2. The first-order valence-electron chi connectivity index (χ1n) is 16.5. The fraction of sp³-hybridized carbons (Fsp3) is 0.583. The van der Waals surface area contributed by atoms with Crippen molar-refractivity contribution < 1.29 is 22.7 Å². The number of sulfonamides is 1. The van der Waals surface area contributed by atoms with Gasteiger partial charge in [0.15, 0.2) is 0 Å². The molecule has 4 aliphatic rings. The molecule has 7 nitrogen and oxygen atoms in total. The smallest absolute Gasteiger partial charge is 0.264 e. The van der Waals surface area contributed by atoms with Crippen molar-refractivity contribution in [2.75, 3.05) is 31.7 Å². The molecule has 45 heavy (non-hydrogen) atoms. The van der Waals surface area contributed by atoms with Crippen LogP contribution >= 0.6 is 11.6 Å². The van der Waals surface area contributed by atoms with Crippen LogP contribution in [0.3, 0.4) is 0 Å². The van der Waals surface area contributed by atoms with Crippen molar-refractivity contribution in [2.24, 2.45) is 29.6 Å². The molecule has 244 valence electrons. The van der Waals surface area contributed by atoms with E-state index in [-0.39, 0.29) is 23.4 Å². The molecule has 1 amide bonds. The summed E-state index contributed by atoms with van der Waals surface area (Å²) in [4.78, 5) is 16.0. The number of fused-ring (bicyclic) bond motifs is 4. The van der Waals surface area contributed by atoms with E-state index in [9.17, 15) is 13.2 Å². The summed E-state index contributed by atoms with van der Waals surface area (Å²) in [5, 5.41) is 0.0232. The number of amides is 1. The van der Waals surface area contributed by atoms with Crippen LogP contribution in [0.2, 0.25) is 5.02 Å². The SMILES string of the molecule is CO[C@H]1/C=C/C[C@H](C)[C@H](C(C)C)S(=O)(=O)NC(=O)c2ccc3c(c2)N(C[C@H]2[C@H]1C[C@H]2C)C[C@@]1(CCCc2cc(Cl)ccc21)CO3. The fourth-order valence-electron chi connectivity index (χ4n) is 8.74. The molecule has 1 spiro atoms. The monoisotopic (exact) mass is 654 g/mol. The summed E-state index contributed by atoms with van der Waals surface area (Å²) in [7, 11) is -2.18. The molecule has 6 rings (SSSR count). The maximum atomic E-state index is 13.7. The molecule has 2 aliphatic carbocycles. The van der Waals surface area contributed by atoms with Gasteiger partial charge in [-0.05, 0) is 103 Å². The van der Waals surface area contributed by atoms with Gasteiger partial charge in [-0.2, -0.15) is 0 Å². The standard InChI is InChI=1S/C36H47ClN2O5S/c1-22(2)34-23(3)8-6-10-32(43-5)28-16-24(4)29(28)19-39-20-36(15-7-9-25-17-27(37)12-13-30(25)36)21-44-33-14-11-26(18-31(33)39)35(40)38-45(34,41)42/h6,10-14,17-18,22-24,28-29,32,34H,7-9,15-16,19-21H2,1-5H3,(H,38,40)/b10-6+/t23-,24+,28+,29+,32-,34-,36-/m0/s1. The van der Waals surface area contributed by atoms with Crippen LogP contribution in [0.1, 0.15) is 74.9 Å². The molecule has 7 atom stereocenters. The minimum absolute atomic E-state index is 0.0549. The van der Waals surface area contributed by atoms with Gasteiger partial charge < -0.3 is 14.4 Å². The molecule has 1 N–H and O–H groups in total. The average Bonchev–Trinajstić information content (AvgIpc) is 3.13. The zero-order valence-electron chi connectivity index (χ0n) is 27.1. The second kappa shape index (κ2) is 12.6. The van der Waals surface area contributed by atoms with Crippen LogP contribution < -0.4 is 14.4 Å². The van der Waals surface area contributed by atoms with Gasteiger partial charge in [0.1, 0.15) is 5.75 Å². The first-order chi connectivity index (χ1) is 21.4. The lowest BCUT2D eigenvalue weighted by Crippen LogP contribution is -2.52. The van der Waals surface area contributed by atoms with Gasteiger partial charge in [0.2, 0.25) is 10.0 Å². The van der Waals surface area contributed by atoms with Crippen molar-refractivity contribution in [1.29, 1.82) is 0 Å². The van der Waals surface area contributed by atoms with Gasteiger partial charge in [-0.15, -0.1) is 0 Å². The van der Waals surface area contributed by atoms with Crippen LogP contribution in [-0.4, -0.2) is 52.5 Å². The molecule has 2 aromatic carbocycles. The third-order valence-electron chi connectivity index (χ3n) is 11.0. The topological polar surface area (TPSA) is 84.9 Å². The summed E-state index contributed by atoms with van der Waals surface area (Å²) in [6, 6.07) is 11.6. The molecule has 2 aromatic rings. The van der Waals surface area contributed by atoms with Gasteiger partial charge in [-0.1, -0.05) is 57.5 Å². The molecule has 2 heterocycles. The van der Waals surface area contributed by atoms with E-state index in [2.05, 4.69) is 40.8 Å². The van der Waals surface area contributed by atoms with Crippen LogP contribution in [0.15, 0.2) is 48.6 Å².